The summed E-state index contributed by atoms with van der Waals surface area (Å²) in [7, 11) is 1.28. The number of hydrogen-bond donors (Lipinski definition) is 2. The van der Waals surface area contributed by atoms with Crippen molar-refractivity contribution in [3.63, 3.8) is 0 Å². The zero-order chi connectivity index (χ0) is 23.3. The molecule has 168 valence electrons. The smallest absolute Gasteiger partial charge is 0.337 e. The predicted octanol–water partition coefficient (Wildman–Crippen LogP) is 2.21. The van der Waals surface area contributed by atoms with Gasteiger partial charge in [-0.05, 0) is 24.6 Å². The molecule has 2 N–H and O–H groups in total. The van der Waals surface area contributed by atoms with E-state index in [9.17, 15) is 19.5 Å². The van der Waals surface area contributed by atoms with Crippen molar-refractivity contribution in [1.82, 2.24) is 4.90 Å². The lowest BCUT2D eigenvalue weighted by atomic mass is 9.94. The molecule has 1 aliphatic rings. The number of amides is 1. The van der Waals surface area contributed by atoms with Gasteiger partial charge in [-0.2, -0.15) is 0 Å². The Labute approximate surface area is 185 Å². The molecular formula is C24H25NO7. The van der Waals surface area contributed by atoms with E-state index in [-0.39, 0.29) is 37.7 Å². The van der Waals surface area contributed by atoms with Crippen LogP contribution in [0.4, 0.5) is 0 Å². The molecule has 8 nitrogen and oxygen atoms in total. The summed E-state index contributed by atoms with van der Waals surface area (Å²) in [5.41, 5.74) is 2.23. The van der Waals surface area contributed by atoms with E-state index in [0.29, 0.717) is 16.7 Å². The quantitative estimate of drug-likeness (QED) is 0.213. The number of benzene rings is 2. The van der Waals surface area contributed by atoms with Crippen LogP contribution in [0, 0.1) is 6.92 Å². The maximum Gasteiger partial charge on any atom is 0.337 e. The Hall–Kier alpha value is -3.49. The second kappa shape index (κ2) is 10.2. The highest BCUT2D eigenvalue weighted by Crippen LogP contribution is 2.39. The first-order valence-corrected chi connectivity index (χ1v) is 10.1. The summed E-state index contributed by atoms with van der Waals surface area (Å²) in [6.45, 7) is 2.03. The Morgan fingerprint density at radius 2 is 1.62 bits per heavy atom. The third-order valence-corrected chi connectivity index (χ3v) is 5.22. The largest absolute Gasteiger partial charge is 0.507 e. The number of hydrogen-bond acceptors (Lipinski definition) is 7. The lowest BCUT2D eigenvalue weighted by molar-refractivity contribution is -0.140. The highest BCUT2D eigenvalue weighted by Gasteiger charge is 2.45. The molecule has 1 heterocycles. The van der Waals surface area contributed by atoms with E-state index >= 15 is 0 Å². The molecule has 0 bridgehead atoms. The number of carbonyl (C=O) groups excluding carboxylic acids is 3. The number of rotatable bonds is 8. The number of aliphatic hydroxyl groups is 2. The van der Waals surface area contributed by atoms with Crippen LogP contribution >= 0.6 is 0 Å². The highest BCUT2D eigenvalue weighted by atomic mass is 16.5. The minimum Gasteiger partial charge on any atom is -0.507 e. The second-order valence-corrected chi connectivity index (χ2v) is 7.31. The van der Waals surface area contributed by atoms with Crippen molar-refractivity contribution in [2.75, 3.05) is 33.5 Å². The monoisotopic (exact) mass is 439 g/mol. The standard InChI is InChI=1S/C24H25NO7/c1-15-3-5-17(6-4-15)21(27)19-20(16-7-9-18(10-8-16)24(30)31-2)25(23(29)22(19)28)11-13-32-14-12-26/h3-10,20,26-27H,11-14H2,1-2H3/b21-19+. The highest BCUT2D eigenvalue weighted by molar-refractivity contribution is 6.46. The molecule has 0 saturated carbocycles. The lowest BCUT2D eigenvalue weighted by Crippen LogP contribution is -2.33. The molecule has 1 saturated heterocycles. The molecule has 0 aromatic heterocycles. The number of carbonyl (C=O) groups is 3. The summed E-state index contributed by atoms with van der Waals surface area (Å²) in [5.74, 6) is -2.34. The van der Waals surface area contributed by atoms with Crippen molar-refractivity contribution >= 4 is 23.4 Å². The molecule has 32 heavy (non-hydrogen) atoms. The van der Waals surface area contributed by atoms with Crippen LogP contribution in [-0.4, -0.2) is 66.2 Å². The number of aliphatic hydroxyl groups excluding tert-OH is 2. The fourth-order valence-electron chi connectivity index (χ4n) is 3.57. The van der Waals surface area contributed by atoms with Gasteiger partial charge in [-0.25, -0.2) is 4.79 Å². The average molecular weight is 439 g/mol. The van der Waals surface area contributed by atoms with Crippen LogP contribution in [-0.2, 0) is 19.1 Å². The first-order chi connectivity index (χ1) is 15.4. The van der Waals surface area contributed by atoms with Crippen LogP contribution in [0.1, 0.15) is 33.1 Å². The van der Waals surface area contributed by atoms with Gasteiger partial charge in [-0.3, -0.25) is 9.59 Å². The van der Waals surface area contributed by atoms with Gasteiger partial charge in [0.2, 0.25) is 0 Å². The van der Waals surface area contributed by atoms with Gasteiger partial charge in [0.25, 0.3) is 11.7 Å². The SMILES string of the molecule is COC(=O)c1ccc(C2/C(=C(\O)c3ccc(C)cc3)C(=O)C(=O)N2CCOCCO)cc1. The van der Waals surface area contributed by atoms with Crippen molar-refractivity contribution < 1.29 is 34.1 Å². The fraction of sp³-hybridized carbons (Fsp3) is 0.292. The maximum atomic E-state index is 12.9. The van der Waals surface area contributed by atoms with E-state index in [1.807, 2.05) is 6.92 Å². The minimum absolute atomic E-state index is 0.0353. The second-order valence-electron chi connectivity index (χ2n) is 7.31. The fourth-order valence-corrected chi connectivity index (χ4v) is 3.57. The number of ketones is 1. The van der Waals surface area contributed by atoms with Crippen LogP contribution in [0.2, 0.25) is 0 Å². The molecule has 0 spiro atoms. The predicted molar refractivity (Wildman–Crippen MR) is 116 cm³/mol. The molecule has 2 aromatic rings. The molecule has 1 amide bonds. The topological polar surface area (TPSA) is 113 Å². The van der Waals surface area contributed by atoms with Crippen molar-refractivity contribution in [1.29, 1.82) is 0 Å². The van der Waals surface area contributed by atoms with Crippen LogP contribution < -0.4 is 0 Å². The minimum atomic E-state index is -0.860. The van der Waals surface area contributed by atoms with Gasteiger partial charge in [-0.1, -0.05) is 42.0 Å². The van der Waals surface area contributed by atoms with Gasteiger partial charge in [0.1, 0.15) is 5.76 Å². The number of methoxy groups -OCH3 is 1. The van der Waals surface area contributed by atoms with Crippen molar-refractivity contribution in [3.05, 3.63) is 76.4 Å². The first-order valence-electron chi connectivity index (χ1n) is 10.1. The molecule has 0 radical (unpaired) electrons. The molecule has 0 aliphatic carbocycles. The normalized spacial score (nSPS) is 17.6. The maximum absolute atomic E-state index is 12.9. The number of nitrogens with zero attached hydrogens (tertiary/aromatic N) is 1. The third kappa shape index (κ3) is 4.71. The number of Topliss-reactive ketones (excluding diaryl/α,β-unsaturated/α-hetero) is 1. The Morgan fingerprint density at radius 3 is 2.22 bits per heavy atom. The van der Waals surface area contributed by atoms with E-state index in [2.05, 4.69) is 0 Å². The first kappa shape index (κ1) is 23.2. The number of aryl methyl sites for hydroxylation is 1. The van der Waals surface area contributed by atoms with E-state index in [1.54, 1.807) is 36.4 Å². The van der Waals surface area contributed by atoms with Crippen LogP contribution in [0.5, 0.6) is 0 Å². The van der Waals surface area contributed by atoms with E-state index < -0.39 is 23.7 Å². The van der Waals surface area contributed by atoms with E-state index in [0.717, 1.165) is 5.56 Å². The van der Waals surface area contributed by atoms with Crippen LogP contribution in [0.15, 0.2) is 54.1 Å². The summed E-state index contributed by atoms with van der Waals surface area (Å²) >= 11 is 0. The van der Waals surface area contributed by atoms with Gasteiger partial charge in [0.05, 0.1) is 44.1 Å². The summed E-state index contributed by atoms with van der Waals surface area (Å²) in [6.07, 6.45) is 0. The van der Waals surface area contributed by atoms with E-state index in [1.165, 1.54) is 24.1 Å². The molecule has 1 fully saturated rings. The van der Waals surface area contributed by atoms with Crippen molar-refractivity contribution in [3.8, 4) is 0 Å². The number of likely N-dealkylation sites (tertiary alicyclic amines) is 1. The Balaban J connectivity index is 2.06. The Morgan fingerprint density at radius 1 is 1.00 bits per heavy atom. The molecule has 1 aliphatic heterocycles. The molecule has 1 atom stereocenters. The van der Waals surface area contributed by atoms with Crippen LogP contribution in [0.3, 0.4) is 0 Å². The van der Waals surface area contributed by atoms with Crippen LogP contribution in [0.25, 0.3) is 5.76 Å². The summed E-state index contributed by atoms with van der Waals surface area (Å²) in [6, 6.07) is 12.4. The van der Waals surface area contributed by atoms with Gasteiger partial charge in [0, 0.05) is 12.1 Å². The summed E-state index contributed by atoms with van der Waals surface area (Å²) in [4.78, 5) is 38.9. The lowest BCUT2D eigenvalue weighted by Gasteiger charge is -2.25. The molecule has 8 heteroatoms. The van der Waals surface area contributed by atoms with E-state index in [4.69, 9.17) is 14.6 Å². The Bertz CT molecular complexity index is 1030. The van der Waals surface area contributed by atoms with Gasteiger partial charge >= 0.3 is 5.97 Å². The molecule has 2 aromatic carbocycles. The third-order valence-electron chi connectivity index (χ3n) is 5.22. The van der Waals surface area contributed by atoms with Gasteiger partial charge in [-0.15, -0.1) is 0 Å². The van der Waals surface area contributed by atoms with Gasteiger partial charge in [0.15, 0.2) is 0 Å². The number of esters is 1. The molecule has 1 unspecified atom stereocenters. The average Bonchev–Trinajstić information content (AvgIpc) is 3.06. The van der Waals surface area contributed by atoms with Crippen molar-refractivity contribution in [2.45, 2.75) is 13.0 Å². The number of ether oxygens (including phenoxy) is 2. The van der Waals surface area contributed by atoms with Gasteiger partial charge < -0.3 is 24.6 Å². The molecular weight excluding hydrogens is 414 g/mol. The molecule has 3 rings (SSSR count). The zero-order valence-corrected chi connectivity index (χ0v) is 17.9. The summed E-state index contributed by atoms with van der Waals surface area (Å²) in [5, 5.41) is 19.9. The summed E-state index contributed by atoms with van der Waals surface area (Å²) < 4.78 is 9.99. The zero-order valence-electron chi connectivity index (χ0n) is 17.9. The Kier molecular flexibility index (Phi) is 7.40. The van der Waals surface area contributed by atoms with Crippen molar-refractivity contribution in [2.24, 2.45) is 0 Å².